The van der Waals surface area contributed by atoms with E-state index in [1.54, 1.807) is 25.3 Å². The number of aryl methyl sites for hydroxylation is 1. The molecular formula is C24H35N5O4. The van der Waals surface area contributed by atoms with Crippen LogP contribution in [0.25, 0.3) is 11.4 Å². The van der Waals surface area contributed by atoms with Gasteiger partial charge in [0, 0.05) is 31.5 Å². The molecule has 0 aliphatic carbocycles. The number of rotatable bonds is 11. The van der Waals surface area contributed by atoms with E-state index in [9.17, 15) is 9.59 Å². The Morgan fingerprint density at radius 2 is 1.97 bits per heavy atom. The number of methoxy groups -OCH3 is 1. The third-order valence-electron chi connectivity index (χ3n) is 5.56. The maximum atomic E-state index is 12.5. The summed E-state index contributed by atoms with van der Waals surface area (Å²) >= 11 is 0. The highest BCUT2D eigenvalue weighted by Crippen LogP contribution is 2.31. The van der Waals surface area contributed by atoms with Gasteiger partial charge < -0.3 is 24.7 Å². The van der Waals surface area contributed by atoms with Gasteiger partial charge in [0.25, 0.3) is 5.56 Å². The van der Waals surface area contributed by atoms with Crippen LogP contribution in [0.2, 0.25) is 0 Å². The Hall–Kier alpha value is -2.94. The fourth-order valence-corrected chi connectivity index (χ4v) is 3.70. The van der Waals surface area contributed by atoms with E-state index >= 15 is 0 Å². The molecule has 2 aromatic rings. The molecule has 0 spiro atoms. The van der Waals surface area contributed by atoms with Gasteiger partial charge in [-0.3, -0.25) is 9.59 Å². The van der Waals surface area contributed by atoms with Crippen molar-refractivity contribution in [1.29, 1.82) is 0 Å². The Kier molecular flexibility index (Phi) is 9.24. The van der Waals surface area contributed by atoms with E-state index in [4.69, 9.17) is 9.47 Å². The van der Waals surface area contributed by atoms with E-state index < -0.39 is 0 Å². The maximum absolute atomic E-state index is 12.5. The number of carbonyl (C=O) groups excluding carboxylic acids is 1. The molecule has 9 nitrogen and oxygen atoms in total. The first-order chi connectivity index (χ1) is 16.0. The van der Waals surface area contributed by atoms with Crippen molar-refractivity contribution in [2.75, 3.05) is 39.9 Å². The Bertz CT molecular complexity index is 970. The summed E-state index contributed by atoms with van der Waals surface area (Å²) < 4.78 is 11.2. The summed E-state index contributed by atoms with van der Waals surface area (Å²) in [4.78, 5) is 29.8. The zero-order valence-electron chi connectivity index (χ0n) is 19.9. The van der Waals surface area contributed by atoms with E-state index in [1.807, 2.05) is 0 Å². The highest BCUT2D eigenvalue weighted by Gasteiger charge is 2.13. The average molecular weight is 458 g/mol. The predicted octanol–water partition coefficient (Wildman–Crippen LogP) is 2.41. The maximum Gasteiger partial charge on any atom is 0.273 e. The first-order valence-electron chi connectivity index (χ1n) is 11.7. The standard InChI is InChI=1S/C24H35N5O4/c1-17(2)16-33-20-9-7-18(15-21(20)32-3)23-26-24(31)19(27-28-23)8-10-22(30)25-11-14-29-12-5-4-6-13-29/h7,9,15,17H,4-6,8,10-14,16H2,1-3H3,(H,25,30)(H,26,28,31). The van der Waals surface area contributed by atoms with Crippen molar-refractivity contribution < 1.29 is 14.3 Å². The number of ether oxygens (including phenoxy) is 2. The number of aromatic nitrogens is 3. The van der Waals surface area contributed by atoms with Gasteiger partial charge >= 0.3 is 0 Å². The second kappa shape index (κ2) is 12.3. The lowest BCUT2D eigenvalue weighted by Gasteiger charge is -2.26. The second-order valence-electron chi connectivity index (χ2n) is 8.77. The number of hydrogen-bond acceptors (Lipinski definition) is 7. The van der Waals surface area contributed by atoms with E-state index in [0.717, 1.165) is 19.6 Å². The molecule has 0 radical (unpaired) electrons. The van der Waals surface area contributed by atoms with E-state index in [2.05, 4.69) is 39.2 Å². The Balaban J connectivity index is 1.54. The summed E-state index contributed by atoms with van der Waals surface area (Å²) in [6, 6.07) is 5.34. The topological polar surface area (TPSA) is 109 Å². The number of nitrogens with one attached hydrogen (secondary N) is 2. The number of nitrogens with zero attached hydrogens (tertiary/aromatic N) is 3. The quantitative estimate of drug-likeness (QED) is 0.533. The molecule has 0 bridgehead atoms. The summed E-state index contributed by atoms with van der Waals surface area (Å²) in [7, 11) is 1.57. The molecule has 2 heterocycles. The minimum atomic E-state index is -0.347. The molecular weight excluding hydrogens is 422 g/mol. The van der Waals surface area contributed by atoms with Crippen molar-refractivity contribution >= 4 is 5.91 Å². The smallest absolute Gasteiger partial charge is 0.273 e. The lowest BCUT2D eigenvalue weighted by molar-refractivity contribution is -0.121. The lowest BCUT2D eigenvalue weighted by atomic mass is 10.1. The summed E-state index contributed by atoms with van der Waals surface area (Å²) in [6.07, 6.45) is 4.20. The predicted molar refractivity (Wildman–Crippen MR) is 127 cm³/mol. The van der Waals surface area contributed by atoms with E-state index in [-0.39, 0.29) is 30.0 Å². The van der Waals surface area contributed by atoms with Crippen LogP contribution in [0.15, 0.2) is 23.0 Å². The third-order valence-corrected chi connectivity index (χ3v) is 5.56. The number of carbonyl (C=O) groups is 1. The number of benzene rings is 1. The molecule has 1 saturated heterocycles. The summed E-state index contributed by atoms with van der Waals surface area (Å²) in [6.45, 7) is 8.42. The molecule has 1 amide bonds. The Labute approximate surface area is 194 Å². The molecule has 1 aromatic heterocycles. The van der Waals surface area contributed by atoms with Gasteiger partial charge in [-0.15, -0.1) is 10.2 Å². The van der Waals surface area contributed by atoms with Crippen LogP contribution in [0.1, 0.15) is 45.2 Å². The zero-order chi connectivity index (χ0) is 23.6. The molecule has 9 heteroatoms. The van der Waals surface area contributed by atoms with Crippen LogP contribution in [-0.4, -0.2) is 65.9 Å². The molecule has 180 valence electrons. The van der Waals surface area contributed by atoms with Gasteiger partial charge in [-0.05, 0) is 50.0 Å². The lowest BCUT2D eigenvalue weighted by Crippen LogP contribution is -2.37. The van der Waals surface area contributed by atoms with Crippen LogP contribution in [0.5, 0.6) is 11.5 Å². The van der Waals surface area contributed by atoms with Gasteiger partial charge in [0.05, 0.1) is 13.7 Å². The SMILES string of the molecule is COc1cc(-c2nnc(CCC(=O)NCCN3CCCCC3)c(=O)[nH]2)ccc1OCC(C)C. The first-order valence-corrected chi connectivity index (χ1v) is 11.7. The fraction of sp³-hybridized carbons (Fsp3) is 0.583. The molecule has 1 aromatic carbocycles. The van der Waals surface area contributed by atoms with Gasteiger partial charge in [0.15, 0.2) is 17.3 Å². The van der Waals surface area contributed by atoms with Gasteiger partial charge in [-0.1, -0.05) is 20.3 Å². The monoisotopic (exact) mass is 457 g/mol. The number of likely N-dealkylation sites (tertiary alicyclic amines) is 1. The molecule has 0 atom stereocenters. The minimum Gasteiger partial charge on any atom is -0.493 e. The molecule has 2 N–H and O–H groups in total. The average Bonchev–Trinajstić information content (AvgIpc) is 2.82. The highest BCUT2D eigenvalue weighted by molar-refractivity contribution is 5.76. The second-order valence-corrected chi connectivity index (χ2v) is 8.77. The highest BCUT2D eigenvalue weighted by atomic mass is 16.5. The summed E-state index contributed by atoms with van der Waals surface area (Å²) in [5.41, 5.74) is 0.560. The van der Waals surface area contributed by atoms with Gasteiger partial charge in [-0.25, -0.2) is 0 Å². The summed E-state index contributed by atoms with van der Waals surface area (Å²) in [5, 5.41) is 11.1. The number of hydrogen-bond donors (Lipinski definition) is 2. The van der Waals surface area contributed by atoms with Crippen LogP contribution >= 0.6 is 0 Å². The van der Waals surface area contributed by atoms with Crippen molar-refractivity contribution in [1.82, 2.24) is 25.4 Å². The first kappa shape index (κ1) is 24.7. The van der Waals surface area contributed by atoms with Crippen molar-refractivity contribution in [3.63, 3.8) is 0 Å². The Morgan fingerprint density at radius 3 is 2.67 bits per heavy atom. The minimum absolute atomic E-state index is 0.0843. The van der Waals surface area contributed by atoms with Crippen molar-refractivity contribution in [2.24, 2.45) is 5.92 Å². The normalized spacial score (nSPS) is 14.3. The fourth-order valence-electron chi connectivity index (χ4n) is 3.70. The van der Waals surface area contributed by atoms with Gasteiger partial charge in [0.1, 0.15) is 5.69 Å². The van der Waals surface area contributed by atoms with Crippen LogP contribution < -0.4 is 20.3 Å². The van der Waals surface area contributed by atoms with Gasteiger partial charge in [-0.2, -0.15) is 0 Å². The van der Waals surface area contributed by atoms with E-state index in [0.29, 0.717) is 42.0 Å². The molecule has 1 fully saturated rings. The molecule has 33 heavy (non-hydrogen) atoms. The van der Waals surface area contributed by atoms with E-state index in [1.165, 1.54) is 19.3 Å². The molecule has 0 unspecified atom stereocenters. The van der Waals surface area contributed by atoms with Crippen molar-refractivity contribution in [3.8, 4) is 22.9 Å². The number of H-pyrrole nitrogens is 1. The van der Waals surface area contributed by atoms with Crippen molar-refractivity contribution in [2.45, 2.75) is 46.0 Å². The molecule has 3 rings (SSSR count). The van der Waals surface area contributed by atoms with Crippen LogP contribution in [-0.2, 0) is 11.2 Å². The van der Waals surface area contributed by atoms with Crippen LogP contribution in [0.3, 0.4) is 0 Å². The van der Waals surface area contributed by atoms with Crippen LogP contribution in [0.4, 0.5) is 0 Å². The number of piperidine rings is 1. The molecule has 1 aliphatic heterocycles. The number of amides is 1. The third kappa shape index (κ3) is 7.56. The van der Waals surface area contributed by atoms with Gasteiger partial charge in [0.2, 0.25) is 5.91 Å². The Morgan fingerprint density at radius 1 is 1.18 bits per heavy atom. The molecule has 0 saturated carbocycles. The molecule has 1 aliphatic rings. The van der Waals surface area contributed by atoms with Crippen molar-refractivity contribution in [3.05, 3.63) is 34.2 Å². The largest absolute Gasteiger partial charge is 0.493 e. The zero-order valence-corrected chi connectivity index (χ0v) is 19.9. The number of aromatic amines is 1. The van der Waals surface area contributed by atoms with Crippen LogP contribution in [0, 0.1) is 5.92 Å². The summed E-state index contributed by atoms with van der Waals surface area (Å²) in [5.74, 6) is 1.83.